The zero-order chi connectivity index (χ0) is 16.3. The van der Waals surface area contributed by atoms with E-state index in [0.29, 0.717) is 18.9 Å². The minimum atomic E-state index is 0.0415. The fourth-order valence-electron chi connectivity index (χ4n) is 2.37. The molecule has 0 saturated carbocycles. The zero-order valence-corrected chi connectivity index (χ0v) is 15.8. The van der Waals surface area contributed by atoms with Crippen LogP contribution in [-0.2, 0) is 24.3 Å². The highest BCUT2D eigenvalue weighted by Crippen LogP contribution is 2.22. The summed E-state index contributed by atoms with van der Waals surface area (Å²) in [5.74, 6) is 0.580. The molecule has 0 saturated heterocycles. The van der Waals surface area contributed by atoms with Gasteiger partial charge < -0.3 is 5.32 Å². The van der Waals surface area contributed by atoms with Crippen molar-refractivity contribution in [2.24, 2.45) is 5.92 Å². The number of carbonyl (C=O) groups is 1. The molecule has 2 heterocycles. The number of hydrogen-bond acceptors (Lipinski definition) is 3. The van der Waals surface area contributed by atoms with Crippen LogP contribution >= 0.6 is 27.3 Å². The van der Waals surface area contributed by atoms with E-state index in [-0.39, 0.29) is 5.91 Å². The van der Waals surface area contributed by atoms with Gasteiger partial charge in [-0.3, -0.25) is 9.48 Å². The first-order valence-electron chi connectivity index (χ1n) is 7.40. The summed E-state index contributed by atoms with van der Waals surface area (Å²) >= 11 is 5.07. The Balaban J connectivity index is 1.97. The number of rotatable bonds is 6. The molecule has 1 N–H and O–H groups in total. The Hall–Kier alpha value is -1.14. The molecule has 2 aromatic rings. The third-order valence-corrected chi connectivity index (χ3v) is 5.12. The standard InChI is InChI=1S/C16H22BrN3OS/c1-10(2)9-20-12(4)14(11(3)19-20)7-16(21)18-8-13-5-6-15(17)22-13/h5-6,10H,7-9H2,1-4H3,(H,18,21). The van der Waals surface area contributed by atoms with Gasteiger partial charge in [0.2, 0.25) is 5.91 Å². The molecular formula is C16H22BrN3OS. The van der Waals surface area contributed by atoms with Gasteiger partial charge >= 0.3 is 0 Å². The molecule has 0 aliphatic rings. The monoisotopic (exact) mass is 383 g/mol. The summed E-state index contributed by atoms with van der Waals surface area (Å²) in [6, 6.07) is 4.02. The van der Waals surface area contributed by atoms with Crippen molar-refractivity contribution in [3.8, 4) is 0 Å². The predicted octanol–water partition coefficient (Wildman–Crippen LogP) is 3.84. The van der Waals surface area contributed by atoms with Gasteiger partial charge in [-0.05, 0) is 47.8 Å². The second kappa shape index (κ2) is 7.42. The van der Waals surface area contributed by atoms with Crippen LogP contribution in [0.2, 0.25) is 0 Å². The molecule has 0 aromatic carbocycles. The molecule has 2 rings (SSSR count). The van der Waals surface area contributed by atoms with Gasteiger partial charge in [-0.1, -0.05) is 13.8 Å². The molecule has 0 radical (unpaired) electrons. The van der Waals surface area contributed by atoms with Crippen LogP contribution in [0.15, 0.2) is 15.9 Å². The van der Waals surface area contributed by atoms with Crippen molar-refractivity contribution in [1.82, 2.24) is 15.1 Å². The molecule has 4 nitrogen and oxygen atoms in total. The number of hydrogen-bond donors (Lipinski definition) is 1. The molecular weight excluding hydrogens is 362 g/mol. The van der Waals surface area contributed by atoms with Crippen LogP contribution in [0.5, 0.6) is 0 Å². The van der Waals surface area contributed by atoms with Gasteiger partial charge in [0.1, 0.15) is 0 Å². The Morgan fingerprint density at radius 3 is 2.73 bits per heavy atom. The van der Waals surface area contributed by atoms with Gasteiger partial charge in [-0.15, -0.1) is 11.3 Å². The Kier molecular flexibility index (Phi) is 5.81. The molecule has 0 atom stereocenters. The normalized spacial score (nSPS) is 11.2. The van der Waals surface area contributed by atoms with Crippen molar-refractivity contribution in [3.63, 3.8) is 0 Å². The molecule has 0 bridgehead atoms. The summed E-state index contributed by atoms with van der Waals surface area (Å²) in [7, 11) is 0. The summed E-state index contributed by atoms with van der Waals surface area (Å²) in [5.41, 5.74) is 3.10. The maximum atomic E-state index is 12.2. The Morgan fingerprint density at radius 1 is 1.41 bits per heavy atom. The molecule has 0 spiro atoms. The third kappa shape index (κ3) is 4.43. The lowest BCUT2D eigenvalue weighted by atomic mass is 10.1. The van der Waals surface area contributed by atoms with Gasteiger partial charge in [0.05, 0.1) is 22.4 Å². The molecule has 0 aliphatic heterocycles. The molecule has 2 aromatic heterocycles. The van der Waals surface area contributed by atoms with Crippen LogP contribution in [-0.4, -0.2) is 15.7 Å². The van der Waals surface area contributed by atoms with Crippen LogP contribution < -0.4 is 5.32 Å². The number of aromatic nitrogens is 2. The lowest BCUT2D eigenvalue weighted by Gasteiger charge is -2.08. The van der Waals surface area contributed by atoms with Crippen molar-refractivity contribution in [2.45, 2.75) is 47.2 Å². The first-order valence-corrected chi connectivity index (χ1v) is 9.01. The first-order chi connectivity index (χ1) is 10.4. The highest BCUT2D eigenvalue weighted by Gasteiger charge is 2.15. The lowest BCUT2D eigenvalue weighted by Crippen LogP contribution is -2.24. The van der Waals surface area contributed by atoms with E-state index in [0.717, 1.165) is 32.2 Å². The average Bonchev–Trinajstić information content (AvgIpc) is 2.95. The number of carbonyl (C=O) groups excluding carboxylic acids is 1. The zero-order valence-electron chi connectivity index (χ0n) is 13.4. The number of nitrogens with one attached hydrogen (secondary N) is 1. The fraction of sp³-hybridized carbons (Fsp3) is 0.500. The molecule has 0 fully saturated rings. The van der Waals surface area contributed by atoms with Crippen LogP contribution in [0.4, 0.5) is 0 Å². The number of halogens is 1. The predicted molar refractivity (Wildman–Crippen MR) is 94.1 cm³/mol. The lowest BCUT2D eigenvalue weighted by molar-refractivity contribution is -0.120. The molecule has 22 heavy (non-hydrogen) atoms. The van der Waals surface area contributed by atoms with Crippen molar-refractivity contribution in [3.05, 3.63) is 37.7 Å². The van der Waals surface area contributed by atoms with Crippen molar-refractivity contribution < 1.29 is 4.79 Å². The molecule has 6 heteroatoms. The summed E-state index contributed by atoms with van der Waals surface area (Å²) < 4.78 is 3.09. The third-order valence-electron chi connectivity index (χ3n) is 3.50. The van der Waals surface area contributed by atoms with Gasteiger partial charge in [0, 0.05) is 22.7 Å². The number of nitrogens with zero attached hydrogens (tertiary/aromatic N) is 2. The molecule has 120 valence electrons. The van der Waals surface area contributed by atoms with E-state index in [9.17, 15) is 4.79 Å². The average molecular weight is 384 g/mol. The maximum absolute atomic E-state index is 12.2. The van der Waals surface area contributed by atoms with Gasteiger partial charge in [-0.25, -0.2) is 0 Å². The van der Waals surface area contributed by atoms with Gasteiger partial charge in [-0.2, -0.15) is 5.10 Å². The summed E-state index contributed by atoms with van der Waals surface area (Å²) in [5, 5.41) is 7.54. The molecule has 0 aliphatic carbocycles. The van der Waals surface area contributed by atoms with Crippen LogP contribution in [0.3, 0.4) is 0 Å². The van der Waals surface area contributed by atoms with E-state index in [1.165, 1.54) is 0 Å². The number of aryl methyl sites for hydroxylation is 1. The highest BCUT2D eigenvalue weighted by atomic mass is 79.9. The summed E-state index contributed by atoms with van der Waals surface area (Å²) in [4.78, 5) is 13.3. The topological polar surface area (TPSA) is 46.9 Å². The highest BCUT2D eigenvalue weighted by molar-refractivity contribution is 9.11. The maximum Gasteiger partial charge on any atom is 0.224 e. The van der Waals surface area contributed by atoms with Crippen LogP contribution in [0.25, 0.3) is 0 Å². The van der Waals surface area contributed by atoms with Crippen molar-refractivity contribution in [1.29, 1.82) is 0 Å². The van der Waals surface area contributed by atoms with Crippen LogP contribution in [0, 0.1) is 19.8 Å². The molecule has 1 amide bonds. The van der Waals surface area contributed by atoms with E-state index in [1.54, 1.807) is 11.3 Å². The van der Waals surface area contributed by atoms with Crippen molar-refractivity contribution in [2.75, 3.05) is 0 Å². The second-order valence-electron chi connectivity index (χ2n) is 5.88. The van der Waals surface area contributed by atoms with E-state index in [4.69, 9.17) is 0 Å². The van der Waals surface area contributed by atoms with Crippen molar-refractivity contribution >= 4 is 33.2 Å². The Labute approximate surface area is 144 Å². The number of amides is 1. The Morgan fingerprint density at radius 2 is 2.14 bits per heavy atom. The molecule has 0 unspecified atom stereocenters. The van der Waals surface area contributed by atoms with E-state index >= 15 is 0 Å². The first kappa shape index (κ1) is 17.2. The Bertz CT molecular complexity index is 660. The van der Waals surface area contributed by atoms with E-state index < -0.39 is 0 Å². The smallest absolute Gasteiger partial charge is 0.224 e. The number of thiophene rings is 1. The van der Waals surface area contributed by atoms with E-state index in [1.807, 2.05) is 30.7 Å². The minimum Gasteiger partial charge on any atom is -0.351 e. The van der Waals surface area contributed by atoms with E-state index in [2.05, 4.69) is 40.2 Å². The van der Waals surface area contributed by atoms with Crippen LogP contribution in [0.1, 0.15) is 35.7 Å². The summed E-state index contributed by atoms with van der Waals surface area (Å²) in [6.45, 7) is 9.82. The minimum absolute atomic E-state index is 0.0415. The fourth-order valence-corrected chi connectivity index (χ4v) is 3.79. The summed E-state index contributed by atoms with van der Waals surface area (Å²) in [6.07, 6.45) is 0.391. The van der Waals surface area contributed by atoms with Gasteiger partial charge in [0.15, 0.2) is 0 Å². The quantitative estimate of drug-likeness (QED) is 0.823. The second-order valence-corrected chi connectivity index (χ2v) is 8.43. The largest absolute Gasteiger partial charge is 0.351 e. The van der Waals surface area contributed by atoms with Gasteiger partial charge in [0.25, 0.3) is 0 Å². The SMILES string of the molecule is Cc1nn(CC(C)C)c(C)c1CC(=O)NCc1ccc(Br)s1.